The van der Waals surface area contributed by atoms with Crippen molar-refractivity contribution in [3.8, 4) is 0 Å². The quantitative estimate of drug-likeness (QED) is 0.772. The summed E-state index contributed by atoms with van der Waals surface area (Å²) in [7, 11) is 2.07. The van der Waals surface area contributed by atoms with Gasteiger partial charge < -0.3 is 14.9 Å². The fourth-order valence-electron chi connectivity index (χ4n) is 3.05. The fraction of sp³-hybridized carbons (Fsp3) is 0.857. The van der Waals surface area contributed by atoms with Gasteiger partial charge in [0.25, 0.3) is 0 Å². The van der Waals surface area contributed by atoms with E-state index in [9.17, 15) is 9.59 Å². The Bertz CT molecular complexity index is 410. The van der Waals surface area contributed by atoms with Gasteiger partial charge in [-0.1, -0.05) is 6.92 Å². The number of aliphatic carboxylic acids is 1. The Morgan fingerprint density at radius 1 is 1.15 bits per heavy atom. The number of carbonyl (C=O) groups excluding carboxylic acids is 1. The Morgan fingerprint density at radius 2 is 1.80 bits per heavy atom. The largest absolute Gasteiger partial charge is 0.481 e. The van der Waals surface area contributed by atoms with Crippen LogP contribution in [0.3, 0.4) is 0 Å². The van der Waals surface area contributed by atoms with E-state index >= 15 is 0 Å². The molecule has 0 aromatic heterocycles. The van der Waals surface area contributed by atoms with Crippen LogP contribution < -0.4 is 0 Å². The fourth-order valence-corrected chi connectivity index (χ4v) is 3.05. The predicted molar refractivity (Wildman–Crippen MR) is 75.5 cm³/mol. The molecule has 6 nitrogen and oxygen atoms in total. The smallest absolute Gasteiger partial charge is 0.320 e. The van der Waals surface area contributed by atoms with Crippen LogP contribution in [0, 0.1) is 11.8 Å². The van der Waals surface area contributed by atoms with Gasteiger partial charge in [-0.25, -0.2) is 4.79 Å². The van der Waals surface area contributed by atoms with Gasteiger partial charge in [-0.05, 0) is 26.8 Å². The SMILES string of the molecule is C[C@@H]1CN(C(=O)N2CCN(C)C(C)(C)C2)C[C@H]1C(=O)O. The third kappa shape index (κ3) is 2.75. The average Bonchev–Trinajstić information content (AvgIpc) is 2.74. The first kappa shape index (κ1) is 15.1. The highest BCUT2D eigenvalue weighted by Crippen LogP contribution is 2.26. The second-order valence-electron chi connectivity index (χ2n) is 6.77. The number of likely N-dealkylation sites (tertiary alicyclic amines) is 1. The number of nitrogens with zero attached hydrogens (tertiary/aromatic N) is 3. The molecule has 6 heteroatoms. The molecule has 0 aromatic carbocycles. The summed E-state index contributed by atoms with van der Waals surface area (Å²) in [5, 5.41) is 9.15. The molecule has 2 aliphatic rings. The predicted octanol–water partition coefficient (Wildman–Crippen LogP) is 0.785. The minimum absolute atomic E-state index is 0.0122. The zero-order valence-corrected chi connectivity index (χ0v) is 12.8. The number of carboxylic acid groups (broad SMARTS) is 1. The van der Waals surface area contributed by atoms with Crippen LogP contribution in [0.2, 0.25) is 0 Å². The lowest BCUT2D eigenvalue weighted by molar-refractivity contribution is -0.142. The van der Waals surface area contributed by atoms with E-state index in [2.05, 4.69) is 25.8 Å². The van der Waals surface area contributed by atoms with E-state index in [0.717, 1.165) is 6.54 Å². The van der Waals surface area contributed by atoms with Crippen molar-refractivity contribution < 1.29 is 14.7 Å². The molecule has 0 radical (unpaired) electrons. The summed E-state index contributed by atoms with van der Waals surface area (Å²) in [6.07, 6.45) is 0. The maximum Gasteiger partial charge on any atom is 0.320 e. The molecular weight excluding hydrogens is 258 g/mol. The Labute approximate surface area is 120 Å². The number of rotatable bonds is 1. The molecule has 0 aliphatic carbocycles. The number of urea groups is 1. The first-order chi connectivity index (χ1) is 9.22. The zero-order valence-electron chi connectivity index (χ0n) is 12.8. The molecule has 0 unspecified atom stereocenters. The van der Waals surface area contributed by atoms with Crippen LogP contribution in [-0.4, -0.2) is 77.1 Å². The minimum atomic E-state index is -0.800. The lowest BCUT2D eigenvalue weighted by atomic mass is 9.99. The number of hydrogen-bond acceptors (Lipinski definition) is 3. The number of amides is 2. The Kier molecular flexibility index (Phi) is 3.95. The van der Waals surface area contributed by atoms with Gasteiger partial charge in [0.1, 0.15) is 0 Å². The van der Waals surface area contributed by atoms with Gasteiger partial charge in [-0.15, -0.1) is 0 Å². The van der Waals surface area contributed by atoms with Crippen LogP contribution in [0.25, 0.3) is 0 Å². The summed E-state index contributed by atoms with van der Waals surface area (Å²) >= 11 is 0. The summed E-state index contributed by atoms with van der Waals surface area (Å²) in [4.78, 5) is 29.5. The minimum Gasteiger partial charge on any atom is -0.481 e. The molecule has 0 aromatic rings. The molecule has 2 heterocycles. The molecule has 2 amide bonds. The summed E-state index contributed by atoms with van der Waals surface area (Å²) in [6, 6.07) is -0.0122. The normalized spacial score (nSPS) is 30.6. The Hall–Kier alpha value is -1.30. The van der Waals surface area contributed by atoms with E-state index in [4.69, 9.17) is 5.11 Å². The van der Waals surface area contributed by atoms with Gasteiger partial charge in [0.15, 0.2) is 0 Å². The van der Waals surface area contributed by atoms with E-state index in [-0.39, 0.29) is 17.5 Å². The molecule has 2 aliphatic heterocycles. The first-order valence-corrected chi connectivity index (χ1v) is 7.20. The third-order valence-electron chi connectivity index (χ3n) is 4.79. The summed E-state index contributed by atoms with van der Waals surface area (Å²) in [6.45, 7) is 9.28. The number of carbonyl (C=O) groups is 2. The monoisotopic (exact) mass is 283 g/mol. The summed E-state index contributed by atoms with van der Waals surface area (Å²) in [5.74, 6) is -1.21. The van der Waals surface area contributed by atoms with E-state index < -0.39 is 11.9 Å². The zero-order chi connectivity index (χ0) is 15.1. The van der Waals surface area contributed by atoms with Crippen LogP contribution >= 0.6 is 0 Å². The molecular formula is C14H25N3O3. The van der Waals surface area contributed by atoms with Crippen molar-refractivity contribution in [2.24, 2.45) is 11.8 Å². The van der Waals surface area contributed by atoms with Crippen molar-refractivity contribution in [1.82, 2.24) is 14.7 Å². The van der Waals surface area contributed by atoms with Crippen molar-refractivity contribution in [2.45, 2.75) is 26.3 Å². The topological polar surface area (TPSA) is 64.1 Å². The van der Waals surface area contributed by atoms with Crippen molar-refractivity contribution in [1.29, 1.82) is 0 Å². The van der Waals surface area contributed by atoms with Crippen LogP contribution in [0.4, 0.5) is 4.79 Å². The molecule has 2 saturated heterocycles. The van der Waals surface area contributed by atoms with E-state index in [1.165, 1.54) is 0 Å². The standard InChI is InChI=1S/C14H25N3O3/c1-10-7-17(8-11(10)12(18)19)13(20)16-6-5-15(4)14(2,3)9-16/h10-11H,5-9H2,1-4H3,(H,18,19)/t10-,11-/m1/s1. The molecule has 114 valence electrons. The van der Waals surface area contributed by atoms with E-state index in [1.807, 2.05) is 11.8 Å². The van der Waals surface area contributed by atoms with Gasteiger partial charge in [0.2, 0.25) is 0 Å². The van der Waals surface area contributed by atoms with Gasteiger partial charge in [-0.2, -0.15) is 0 Å². The highest BCUT2D eigenvalue weighted by molar-refractivity contribution is 5.78. The summed E-state index contributed by atoms with van der Waals surface area (Å²) in [5.41, 5.74) is -0.0363. The lowest BCUT2D eigenvalue weighted by Gasteiger charge is -2.46. The maximum absolute atomic E-state index is 12.5. The number of carboxylic acids is 1. The van der Waals surface area contributed by atoms with Crippen molar-refractivity contribution in [3.63, 3.8) is 0 Å². The highest BCUT2D eigenvalue weighted by atomic mass is 16.4. The van der Waals surface area contributed by atoms with Gasteiger partial charge in [-0.3, -0.25) is 9.69 Å². The average molecular weight is 283 g/mol. The second-order valence-corrected chi connectivity index (χ2v) is 6.77. The molecule has 0 saturated carbocycles. The van der Waals surface area contributed by atoms with Crippen LogP contribution in [0.5, 0.6) is 0 Å². The molecule has 2 rings (SSSR count). The van der Waals surface area contributed by atoms with E-state index in [1.54, 1.807) is 4.90 Å². The van der Waals surface area contributed by atoms with Crippen molar-refractivity contribution in [2.75, 3.05) is 39.8 Å². The molecule has 0 bridgehead atoms. The molecule has 0 spiro atoms. The summed E-state index contributed by atoms with van der Waals surface area (Å²) < 4.78 is 0. The van der Waals surface area contributed by atoms with Crippen molar-refractivity contribution >= 4 is 12.0 Å². The molecule has 2 fully saturated rings. The van der Waals surface area contributed by atoms with Crippen LogP contribution in [0.1, 0.15) is 20.8 Å². The van der Waals surface area contributed by atoms with Crippen LogP contribution in [0.15, 0.2) is 0 Å². The van der Waals surface area contributed by atoms with Gasteiger partial charge in [0.05, 0.1) is 5.92 Å². The number of likely N-dealkylation sites (N-methyl/N-ethyl adjacent to an activating group) is 1. The third-order valence-corrected chi connectivity index (χ3v) is 4.79. The lowest BCUT2D eigenvalue weighted by Crippen LogP contribution is -2.60. The van der Waals surface area contributed by atoms with Crippen molar-refractivity contribution in [3.05, 3.63) is 0 Å². The first-order valence-electron chi connectivity index (χ1n) is 7.20. The van der Waals surface area contributed by atoms with Gasteiger partial charge in [0, 0.05) is 38.3 Å². The van der Waals surface area contributed by atoms with E-state index in [0.29, 0.717) is 26.2 Å². The Morgan fingerprint density at radius 3 is 2.30 bits per heavy atom. The number of piperazine rings is 1. The Balaban J connectivity index is 2.01. The maximum atomic E-state index is 12.5. The number of hydrogen-bond donors (Lipinski definition) is 1. The molecule has 20 heavy (non-hydrogen) atoms. The molecule has 1 N–H and O–H groups in total. The van der Waals surface area contributed by atoms with Gasteiger partial charge >= 0.3 is 12.0 Å². The highest BCUT2D eigenvalue weighted by Gasteiger charge is 2.40. The second kappa shape index (κ2) is 5.24. The molecule has 2 atom stereocenters. The van der Waals surface area contributed by atoms with Crippen LogP contribution in [-0.2, 0) is 4.79 Å².